The summed E-state index contributed by atoms with van der Waals surface area (Å²) in [5.74, 6) is -0.196. The summed E-state index contributed by atoms with van der Waals surface area (Å²) in [4.78, 5) is 16.3. The van der Waals surface area contributed by atoms with Crippen LogP contribution in [0.4, 0.5) is 0 Å². The predicted octanol–water partition coefficient (Wildman–Crippen LogP) is 3.60. The van der Waals surface area contributed by atoms with Gasteiger partial charge in [-0.05, 0) is 48.1 Å². The van der Waals surface area contributed by atoms with E-state index in [0.717, 1.165) is 24.5 Å². The number of amides is 1. The Morgan fingerprint density at radius 2 is 2.04 bits per heavy atom. The van der Waals surface area contributed by atoms with E-state index in [9.17, 15) is 4.79 Å². The minimum Gasteiger partial charge on any atom is -0.354 e. The summed E-state index contributed by atoms with van der Waals surface area (Å²) < 4.78 is 0. The molecule has 3 atom stereocenters. The van der Waals surface area contributed by atoms with Gasteiger partial charge in [0.1, 0.15) is 0 Å². The number of hydrogen-bond donors (Lipinski definition) is 2. The highest BCUT2D eigenvalue weighted by atomic mass is 35.5. The Kier molecular flexibility index (Phi) is 6.35. The van der Waals surface area contributed by atoms with Crippen molar-refractivity contribution in [2.45, 2.75) is 38.9 Å². The fraction of sp³-hybridized carbons (Fsp3) is 0.450. The largest absolute Gasteiger partial charge is 0.354 e. The third kappa shape index (κ3) is 4.46. The molecule has 1 aromatic heterocycles. The molecule has 2 heterocycles. The quantitative estimate of drug-likeness (QED) is 0.790. The topological polar surface area (TPSA) is 58.4 Å². The number of rotatable bonds is 6. The van der Waals surface area contributed by atoms with Crippen molar-refractivity contribution in [1.82, 2.24) is 10.2 Å². The molecule has 2 aromatic rings. The van der Waals surface area contributed by atoms with Gasteiger partial charge in [-0.15, -0.1) is 11.3 Å². The third-order valence-corrected chi connectivity index (χ3v) is 6.48. The zero-order chi connectivity index (χ0) is 18.7. The zero-order valence-corrected chi connectivity index (χ0v) is 16.8. The molecule has 1 aliphatic heterocycles. The van der Waals surface area contributed by atoms with E-state index >= 15 is 0 Å². The summed E-state index contributed by atoms with van der Waals surface area (Å²) in [7, 11) is 0. The molecule has 0 saturated carbocycles. The number of carbonyl (C=O) groups is 1. The fourth-order valence-electron chi connectivity index (χ4n) is 3.28. The van der Waals surface area contributed by atoms with E-state index < -0.39 is 0 Å². The lowest BCUT2D eigenvalue weighted by Crippen LogP contribution is -2.44. The van der Waals surface area contributed by atoms with Crippen LogP contribution in [0.3, 0.4) is 0 Å². The van der Waals surface area contributed by atoms with Crippen molar-refractivity contribution in [1.29, 1.82) is 0 Å². The maximum Gasteiger partial charge on any atom is 0.224 e. The Labute approximate surface area is 164 Å². The molecular formula is C20H26ClN3OS. The smallest absolute Gasteiger partial charge is 0.224 e. The van der Waals surface area contributed by atoms with Crippen LogP contribution in [-0.4, -0.2) is 29.9 Å². The number of fused-ring (bicyclic) bond motifs is 1. The van der Waals surface area contributed by atoms with Gasteiger partial charge in [-0.3, -0.25) is 9.69 Å². The second kappa shape index (κ2) is 8.53. The monoisotopic (exact) mass is 391 g/mol. The molecule has 6 heteroatoms. The SMILES string of the molecule is CC(N)C(C)C(=O)NCC(c1ccc(Cl)cc1)N1CCc2sccc2C1. The molecule has 4 nitrogen and oxygen atoms in total. The van der Waals surface area contributed by atoms with Crippen molar-refractivity contribution >= 4 is 28.8 Å². The summed E-state index contributed by atoms with van der Waals surface area (Å²) in [6.07, 6.45) is 1.06. The van der Waals surface area contributed by atoms with Crippen LogP contribution >= 0.6 is 22.9 Å². The summed E-state index contributed by atoms with van der Waals surface area (Å²) in [6, 6.07) is 10.1. The van der Waals surface area contributed by atoms with Crippen molar-refractivity contribution in [3.05, 3.63) is 56.7 Å². The Morgan fingerprint density at radius 1 is 1.31 bits per heavy atom. The average Bonchev–Trinajstić information content (AvgIpc) is 3.10. The molecule has 0 spiro atoms. The number of nitrogens with zero attached hydrogens (tertiary/aromatic N) is 1. The highest BCUT2D eigenvalue weighted by molar-refractivity contribution is 7.10. The fourth-order valence-corrected chi connectivity index (χ4v) is 4.29. The average molecular weight is 392 g/mol. The minimum atomic E-state index is -0.203. The van der Waals surface area contributed by atoms with Crippen molar-refractivity contribution in [2.75, 3.05) is 13.1 Å². The highest BCUT2D eigenvalue weighted by Gasteiger charge is 2.27. The Balaban J connectivity index is 1.76. The van der Waals surface area contributed by atoms with Crippen LogP contribution in [0, 0.1) is 5.92 Å². The van der Waals surface area contributed by atoms with Gasteiger partial charge in [-0.25, -0.2) is 0 Å². The first-order valence-corrected chi connectivity index (χ1v) is 10.3. The van der Waals surface area contributed by atoms with Crippen LogP contribution in [0.15, 0.2) is 35.7 Å². The van der Waals surface area contributed by atoms with Gasteiger partial charge in [0.25, 0.3) is 0 Å². The summed E-state index contributed by atoms with van der Waals surface area (Å²) in [5, 5.41) is 5.99. The standard InChI is InChI=1S/C20H26ClN3OS/c1-13(14(2)22)20(25)23-11-18(15-3-5-17(21)6-4-15)24-9-7-19-16(12-24)8-10-26-19/h3-6,8,10,13-14,18H,7,9,11-12,22H2,1-2H3,(H,23,25). The number of nitrogens with two attached hydrogens (primary N) is 1. The number of nitrogens with one attached hydrogen (secondary N) is 1. The second-order valence-electron chi connectivity index (χ2n) is 7.05. The predicted molar refractivity (Wildman–Crippen MR) is 108 cm³/mol. The Morgan fingerprint density at radius 3 is 2.73 bits per heavy atom. The number of thiophene rings is 1. The van der Waals surface area contributed by atoms with Gasteiger partial charge < -0.3 is 11.1 Å². The summed E-state index contributed by atoms with van der Waals surface area (Å²) >= 11 is 7.90. The molecule has 3 unspecified atom stereocenters. The van der Waals surface area contributed by atoms with Crippen LogP contribution in [-0.2, 0) is 17.8 Å². The van der Waals surface area contributed by atoms with Gasteiger partial charge >= 0.3 is 0 Å². The van der Waals surface area contributed by atoms with E-state index in [1.54, 1.807) is 0 Å². The lowest BCUT2D eigenvalue weighted by Gasteiger charge is -2.35. The number of carbonyl (C=O) groups excluding carboxylic acids is 1. The van der Waals surface area contributed by atoms with Gasteiger partial charge in [-0.1, -0.05) is 30.7 Å². The molecule has 0 bridgehead atoms. The van der Waals surface area contributed by atoms with Crippen LogP contribution < -0.4 is 11.1 Å². The van der Waals surface area contributed by atoms with Crippen molar-refractivity contribution < 1.29 is 4.79 Å². The lowest BCUT2D eigenvalue weighted by atomic mass is 10.00. The molecule has 3 rings (SSSR count). The van der Waals surface area contributed by atoms with Crippen LogP contribution in [0.2, 0.25) is 5.02 Å². The van der Waals surface area contributed by atoms with Gasteiger partial charge in [0.2, 0.25) is 5.91 Å². The number of halogens is 1. The van der Waals surface area contributed by atoms with Crippen molar-refractivity contribution in [2.24, 2.45) is 11.7 Å². The molecule has 1 aliphatic rings. The molecule has 0 radical (unpaired) electrons. The van der Waals surface area contributed by atoms with E-state index in [4.69, 9.17) is 17.3 Å². The van der Waals surface area contributed by atoms with E-state index in [-0.39, 0.29) is 23.9 Å². The van der Waals surface area contributed by atoms with Gasteiger partial charge in [0, 0.05) is 41.5 Å². The maximum absolute atomic E-state index is 12.4. The Hall–Kier alpha value is -1.40. The first-order valence-electron chi connectivity index (χ1n) is 9.03. The summed E-state index contributed by atoms with van der Waals surface area (Å²) in [6.45, 7) is 6.20. The van der Waals surface area contributed by atoms with Gasteiger partial charge in [-0.2, -0.15) is 0 Å². The first-order chi connectivity index (χ1) is 12.5. The summed E-state index contributed by atoms with van der Waals surface area (Å²) in [5.41, 5.74) is 8.44. The molecule has 0 aliphatic carbocycles. The maximum atomic E-state index is 12.4. The molecule has 0 fully saturated rings. The lowest BCUT2D eigenvalue weighted by molar-refractivity contribution is -0.125. The Bertz CT molecular complexity index is 744. The molecule has 1 amide bonds. The molecule has 1 aromatic carbocycles. The normalized spacial score (nSPS) is 18.0. The molecule has 140 valence electrons. The minimum absolute atomic E-state index is 0.00666. The molecule has 26 heavy (non-hydrogen) atoms. The van der Waals surface area contributed by atoms with E-state index in [1.165, 1.54) is 16.0 Å². The molecular weight excluding hydrogens is 366 g/mol. The first kappa shape index (κ1) is 19.4. The molecule has 3 N–H and O–H groups in total. The van der Waals surface area contributed by atoms with Crippen LogP contribution in [0.1, 0.15) is 35.9 Å². The number of hydrogen-bond acceptors (Lipinski definition) is 4. The van der Waals surface area contributed by atoms with Crippen LogP contribution in [0.25, 0.3) is 0 Å². The van der Waals surface area contributed by atoms with Crippen molar-refractivity contribution in [3.63, 3.8) is 0 Å². The van der Waals surface area contributed by atoms with Gasteiger partial charge in [0.15, 0.2) is 0 Å². The number of benzene rings is 1. The van der Waals surface area contributed by atoms with E-state index in [2.05, 4.69) is 33.8 Å². The van der Waals surface area contributed by atoms with E-state index in [1.807, 2.05) is 37.3 Å². The second-order valence-corrected chi connectivity index (χ2v) is 8.49. The highest BCUT2D eigenvalue weighted by Crippen LogP contribution is 2.30. The van der Waals surface area contributed by atoms with E-state index in [0.29, 0.717) is 6.54 Å². The van der Waals surface area contributed by atoms with Crippen LogP contribution in [0.5, 0.6) is 0 Å². The van der Waals surface area contributed by atoms with Gasteiger partial charge in [0.05, 0.1) is 6.04 Å². The zero-order valence-electron chi connectivity index (χ0n) is 15.2. The molecule has 0 saturated heterocycles. The van der Waals surface area contributed by atoms with Crippen molar-refractivity contribution in [3.8, 4) is 0 Å². The third-order valence-electron chi connectivity index (χ3n) is 5.20.